The molecule has 1 N–H and O–H groups in total. The average Bonchev–Trinajstić information content (AvgIpc) is 2.69. The molecule has 1 aromatic heterocycles. The fraction of sp³-hybridized carbons (Fsp3) is 0.300. The lowest BCUT2D eigenvalue weighted by Gasteiger charge is -2.35. The van der Waals surface area contributed by atoms with Crippen LogP contribution < -0.4 is 15.2 Å². The van der Waals surface area contributed by atoms with E-state index in [9.17, 15) is 4.79 Å². The summed E-state index contributed by atoms with van der Waals surface area (Å²) in [6, 6.07) is 12.5. The number of rotatable bonds is 4. The molecule has 0 bridgehead atoms. The predicted molar refractivity (Wildman–Crippen MR) is 103 cm³/mol. The van der Waals surface area contributed by atoms with Crippen molar-refractivity contribution in [1.29, 1.82) is 0 Å². The van der Waals surface area contributed by atoms with E-state index in [2.05, 4.69) is 44.0 Å². The van der Waals surface area contributed by atoms with Crippen LogP contribution in [0.15, 0.2) is 53.6 Å². The molecule has 3 aromatic rings. The summed E-state index contributed by atoms with van der Waals surface area (Å²) in [5, 5.41) is 2.38. The molecular weight excluding hydrogens is 328 g/mol. The van der Waals surface area contributed by atoms with Gasteiger partial charge in [0.2, 0.25) is 0 Å². The summed E-state index contributed by atoms with van der Waals surface area (Å²) in [4.78, 5) is 23.3. The summed E-state index contributed by atoms with van der Waals surface area (Å²) in [5.74, 6) is 1.42. The minimum absolute atomic E-state index is 0.123. The molecule has 2 aromatic carbocycles. The third kappa shape index (κ3) is 3.15. The van der Waals surface area contributed by atoms with E-state index < -0.39 is 0 Å². The van der Waals surface area contributed by atoms with Gasteiger partial charge in [0, 0.05) is 50.5 Å². The van der Waals surface area contributed by atoms with Crippen LogP contribution in [0.2, 0.25) is 0 Å². The number of nitrogens with zero attached hydrogens (tertiary/aromatic N) is 3. The molecule has 2 heterocycles. The van der Waals surface area contributed by atoms with Crippen LogP contribution in [-0.2, 0) is 6.54 Å². The zero-order chi connectivity index (χ0) is 17.9. The molecule has 134 valence electrons. The first-order valence-electron chi connectivity index (χ1n) is 8.82. The summed E-state index contributed by atoms with van der Waals surface area (Å²) < 4.78 is 5.49. The highest BCUT2D eigenvalue weighted by Gasteiger charge is 2.20. The molecule has 0 radical (unpaired) electrons. The molecule has 26 heavy (non-hydrogen) atoms. The van der Waals surface area contributed by atoms with Crippen molar-refractivity contribution in [3.63, 3.8) is 0 Å². The van der Waals surface area contributed by atoms with Gasteiger partial charge in [0.1, 0.15) is 5.75 Å². The van der Waals surface area contributed by atoms with Crippen molar-refractivity contribution in [3.8, 4) is 5.75 Å². The van der Waals surface area contributed by atoms with Crippen LogP contribution >= 0.6 is 0 Å². The van der Waals surface area contributed by atoms with Gasteiger partial charge in [0.25, 0.3) is 5.56 Å². The molecule has 1 saturated heterocycles. The number of anilines is 1. The molecule has 6 heteroatoms. The summed E-state index contributed by atoms with van der Waals surface area (Å²) in [7, 11) is 1.71. The molecular formula is C20H22N4O2. The number of piperazine rings is 1. The van der Waals surface area contributed by atoms with Gasteiger partial charge in [-0.2, -0.15) is 0 Å². The lowest BCUT2D eigenvalue weighted by atomic mass is 10.0. The van der Waals surface area contributed by atoms with Crippen molar-refractivity contribution in [2.24, 2.45) is 0 Å². The molecule has 1 aliphatic rings. The average molecular weight is 350 g/mol. The molecule has 1 fully saturated rings. The van der Waals surface area contributed by atoms with E-state index in [1.807, 2.05) is 12.1 Å². The van der Waals surface area contributed by atoms with Crippen molar-refractivity contribution in [1.82, 2.24) is 14.9 Å². The van der Waals surface area contributed by atoms with Gasteiger partial charge in [-0.25, -0.2) is 4.98 Å². The maximum Gasteiger partial charge on any atom is 0.290 e. The number of methoxy groups -OCH3 is 1. The van der Waals surface area contributed by atoms with Gasteiger partial charge in [-0.05, 0) is 17.0 Å². The Bertz CT molecular complexity index is 961. The van der Waals surface area contributed by atoms with Gasteiger partial charge >= 0.3 is 0 Å². The Morgan fingerprint density at radius 2 is 1.85 bits per heavy atom. The second-order valence-corrected chi connectivity index (χ2v) is 6.48. The molecule has 0 amide bonds. The van der Waals surface area contributed by atoms with Crippen LogP contribution in [0.25, 0.3) is 10.8 Å². The lowest BCUT2D eigenvalue weighted by molar-refractivity contribution is 0.250. The van der Waals surface area contributed by atoms with Gasteiger partial charge in [-0.15, -0.1) is 0 Å². The smallest absolute Gasteiger partial charge is 0.290 e. The van der Waals surface area contributed by atoms with Crippen LogP contribution in [0.4, 0.5) is 5.82 Å². The molecule has 0 atom stereocenters. The second kappa shape index (κ2) is 7.17. The highest BCUT2D eigenvalue weighted by molar-refractivity contribution is 5.91. The van der Waals surface area contributed by atoms with E-state index in [1.165, 1.54) is 10.9 Å². The maximum absolute atomic E-state index is 11.9. The monoisotopic (exact) mass is 350 g/mol. The Balaban J connectivity index is 1.49. The Morgan fingerprint density at radius 3 is 2.58 bits per heavy atom. The zero-order valence-corrected chi connectivity index (χ0v) is 14.8. The standard InChI is InChI=1S/C20H22N4O2/c1-26-18-7-6-15(16-4-2-3-5-17(16)18)14-23-10-12-24(13-11-23)19-20(25)22-9-8-21-19/h2-9H,10-14H2,1H3,(H,22,25). The van der Waals surface area contributed by atoms with E-state index in [4.69, 9.17) is 4.74 Å². The fourth-order valence-electron chi connectivity index (χ4n) is 3.58. The van der Waals surface area contributed by atoms with Crippen molar-refractivity contribution in [2.75, 3.05) is 38.2 Å². The number of fused-ring (bicyclic) bond motifs is 1. The molecule has 4 rings (SSSR count). The van der Waals surface area contributed by atoms with E-state index in [0.29, 0.717) is 5.82 Å². The van der Waals surface area contributed by atoms with Crippen molar-refractivity contribution in [2.45, 2.75) is 6.54 Å². The summed E-state index contributed by atoms with van der Waals surface area (Å²) in [5.41, 5.74) is 1.17. The molecule has 0 spiro atoms. The van der Waals surface area contributed by atoms with Crippen LogP contribution in [0.3, 0.4) is 0 Å². The van der Waals surface area contributed by atoms with Crippen molar-refractivity contribution >= 4 is 16.6 Å². The minimum atomic E-state index is -0.123. The van der Waals surface area contributed by atoms with Crippen LogP contribution in [-0.4, -0.2) is 48.2 Å². The van der Waals surface area contributed by atoms with E-state index >= 15 is 0 Å². The van der Waals surface area contributed by atoms with E-state index in [1.54, 1.807) is 19.5 Å². The summed E-state index contributed by atoms with van der Waals surface area (Å²) in [6.07, 6.45) is 3.20. The van der Waals surface area contributed by atoms with Gasteiger partial charge < -0.3 is 14.6 Å². The first-order chi connectivity index (χ1) is 12.8. The van der Waals surface area contributed by atoms with Gasteiger partial charge in [-0.3, -0.25) is 9.69 Å². The Morgan fingerprint density at radius 1 is 1.08 bits per heavy atom. The SMILES string of the molecule is COc1ccc(CN2CCN(c3ncc[nH]c3=O)CC2)c2ccccc12. The Hall–Kier alpha value is -2.86. The second-order valence-electron chi connectivity index (χ2n) is 6.48. The summed E-state index contributed by atoms with van der Waals surface area (Å²) >= 11 is 0. The first kappa shape index (κ1) is 16.6. The van der Waals surface area contributed by atoms with Gasteiger partial charge in [-0.1, -0.05) is 30.3 Å². The largest absolute Gasteiger partial charge is 0.496 e. The molecule has 0 aliphatic carbocycles. The van der Waals surface area contributed by atoms with Crippen LogP contribution in [0.5, 0.6) is 5.75 Å². The lowest BCUT2D eigenvalue weighted by Crippen LogP contribution is -2.47. The third-order valence-corrected chi connectivity index (χ3v) is 4.95. The van der Waals surface area contributed by atoms with Crippen LogP contribution in [0.1, 0.15) is 5.56 Å². The van der Waals surface area contributed by atoms with Crippen LogP contribution in [0, 0.1) is 0 Å². The molecule has 0 saturated carbocycles. The third-order valence-electron chi connectivity index (χ3n) is 4.95. The quantitative estimate of drug-likeness (QED) is 0.782. The highest BCUT2D eigenvalue weighted by atomic mass is 16.5. The van der Waals surface area contributed by atoms with Gasteiger partial charge in [0.15, 0.2) is 5.82 Å². The number of ether oxygens (including phenoxy) is 1. The number of hydrogen-bond acceptors (Lipinski definition) is 5. The summed E-state index contributed by atoms with van der Waals surface area (Å²) in [6.45, 7) is 4.28. The number of aromatic amines is 1. The Kier molecular flexibility index (Phi) is 4.58. The zero-order valence-electron chi connectivity index (χ0n) is 14.8. The number of nitrogens with one attached hydrogen (secondary N) is 1. The number of aromatic nitrogens is 2. The van der Waals surface area contributed by atoms with E-state index in [0.717, 1.165) is 43.9 Å². The minimum Gasteiger partial charge on any atom is -0.496 e. The predicted octanol–water partition coefficient (Wildman–Crippen LogP) is 2.25. The maximum atomic E-state index is 11.9. The number of H-pyrrole nitrogens is 1. The van der Waals surface area contributed by atoms with Gasteiger partial charge in [0.05, 0.1) is 7.11 Å². The molecule has 1 aliphatic heterocycles. The van der Waals surface area contributed by atoms with E-state index in [-0.39, 0.29) is 5.56 Å². The Labute approximate surface area is 152 Å². The normalized spacial score (nSPS) is 15.3. The first-order valence-corrected chi connectivity index (χ1v) is 8.82. The molecule has 6 nitrogen and oxygen atoms in total. The highest BCUT2D eigenvalue weighted by Crippen LogP contribution is 2.29. The fourth-order valence-corrected chi connectivity index (χ4v) is 3.58. The molecule has 0 unspecified atom stereocenters. The number of benzene rings is 2. The van der Waals surface area contributed by atoms with Crippen molar-refractivity contribution < 1.29 is 4.74 Å². The topological polar surface area (TPSA) is 61.5 Å². The number of hydrogen-bond donors (Lipinski definition) is 1. The van der Waals surface area contributed by atoms with Crippen molar-refractivity contribution in [3.05, 3.63) is 64.7 Å².